The summed E-state index contributed by atoms with van der Waals surface area (Å²) in [6.07, 6.45) is 6.91. The van der Waals surface area contributed by atoms with Crippen molar-refractivity contribution in [3.8, 4) is 5.75 Å². The highest BCUT2D eigenvalue weighted by Crippen LogP contribution is 2.34. The van der Waals surface area contributed by atoms with Crippen molar-refractivity contribution in [3.63, 3.8) is 0 Å². The van der Waals surface area contributed by atoms with Gasteiger partial charge in [-0.3, -0.25) is 0 Å². The number of hydrogen-bond donors (Lipinski definition) is 1. The first kappa shape index (κ1) is 15.7. The summed E-state index contributed by atoms with van der Waals surface area (Å²) in [4.78, 5) is 0. The molecule has 2 nitrogen and oxygen atoms in total. The molecule has 0 heterocycles. The molecule has 1 saturated carbocycles. The van der Waals surface area contributed by atoms with Gasteiger partial charge in [0.1, 0.15) is 5.75 Å². The maximum absolute atomic E-state index is 6.44. The van der Waals surface area contributed by atoms with Crippen LogP contribution in [0.3, 0.4) is 0 Å². The number of nitrogens with two attached hydrogens (primary N) is 1. The summed E-state index contributed by atoms with van der Waals surface area (Å²) >= 11 is 2.05. The molecule has 1 fully saturated rings. The van der Waals surface area contributed by atoms with Crippen molar-refractivity contribution >= 4 is 11.8 Å². The lowest BCUT2D eigenvalue weighted by molar-refractivity contribution is 0.406. The van der Waals surface area contributed by atoms with Crippen LogP contribution in [0.5, 0.6) is 5.75 Å². The zero-order valence-electron chi connectivity index (χ0n) is 12.9. The maximum atomic E-state index is 6.44. The molecule has 1 atom stereocenters. The van der Waals surface area contributed by atoms with Gasteiger partial charge in [-0.1, -0.05) is 25.3 Å². The van der Waals surface area contributed by atoms with E-state index in [4.69, 9.17) is 10.5 Å². The topological polar surface area (TPSA) is 35.2 Å². The van der Waals surface area contributed by atoms with Crippen LogP contribution < -0.4 is 10.5 Å². The fraction of sp³-hybridized carbons (Fsp3) is 0.647. The summed E-state index contributed by atoms with van der Waals surface area (Å²) in [6, 6.07) is 4.36. The molecular formula is C17H27NOS. The van der Waals surface area contributed by atoms with Crippen LogP contribution >= 0.6 is 11.8 Å². The van der Waals surface area contributed by atoms with Crippen LogP contribution in [0.1, 0.15) is 54.8 Å². The van der Waals surface area contributed by atoms with Gasteiger partial charge in [0.05, 0.1) is 7.11 Å². The predicted octanol–water partition coefficient (Wildman–Crippen LogP) is 4.38. The van der Waals surface area contributed by atoms with E-state index in [1.165, 1.54) is 48.8 Å². The van der Waals surface area contributed by atoms with Gasteiger partial charge in [0.2, 0.25) is 0 Å². The first-order chi connectivity index (χ1) is 9.61. The minimum absolute atomic E-state index is 0.0671. The average Bonchev–Trinajstić information content (AvgIpc) is 2.45. The summed E-state index contributed by atoms with van der Waals surface area (Å²) in [6.45, 7) is 4.23. The summed E-state index contributed by atoms with van der Waals surface area (Å²) < 4.78 is 5.53. The lowest BCUT2D eigenvalue weighted by Crippen LogP contribution is -2.18. The molecule has 112 valence electrons. The Balaban J connectivity index is 2.02. The van der Waals surface area contributed by atoms with Crippen molar-refractivity contribution in [2.24, 2.45) is 5.73 Å². The van der Waals surface area contributed by atoms with Gasteiger partial charge in [-0.15, -0.1) is 0 Å². The van der Waals surface area contributed by atoms with Crippen molar-refractivity contribution in [1.29, 1.82) is 0 Å². The Hall–Kier alpha value is -0.670. The van der Waals surface area contributed by atoms with Gasteiger partial charge in [0.25, 0.3) is 0 Å². The molecule has 20 heavy (non-hydrogen) atoms. The van der Waals surface area contributed by atoms with Crippen LogP contribution in [0.2, 0.25) is 0 Å². The Morgan fingerprint density at radius 1 is 1.25 bits per heavy atom. The molecule has 1 aromatic carbocycles. The molecule has 0 aliphatic heterocycles. The predicted molar refractivity (Wildman–Crippen MR) is 88.7 cm³/mol. The third-order valence-corrected chi connectivity index (χ3v) is 5.64. The van der Waals surface area contributed by atoms with Crippen LogP contribution in [-0.4, -0.2) is 18.1 Å². The normalized spacial score (nSPS) is 18.0. The van der Waals surface area contributed by atoms with Crippen molar-refractivity contribution in [3.05, 3.63) is 28.8 Å². The quantitative estimate of drug-likeness (QED) is 0.875. The lowest BCUT2D eigenvalue weighted by atomic mass is 9.99. The summed E-state index contributed by atoms with van der Waals surface area (Å²) in [7, 11) is 1.73. The maximum Gasteiger partial charge on any atom is 0.124 e. The summed E-state index contributed by atoms with van der Waals surface area (Å²) in [5.41, 5.74) is 10.1. The van der Waals surface area contributed by atoms with Crippen LogP contribution in [0.15, 0.2) is 12.1 Å². The van der Waals surface area contributed by atoms with Gasteiger partial charge in [0, 0.05) is 22.6 Å². The second-order valence-corrected chi connectivity index (χ2v) is 7.23. The number of thioether (sulfide) groups is 1. The van der Waals surface area contributed by atoms with Crippen LogP contribution in [-0.2, 0) is 0 Å². The number of ether oxygens (including phenoxy) is 1. The van der Waals surface area contributed by atoms with E-state index in [-0.39, 0.29) is 6.04 Å². The molecule has 2 rings (SSSR count). The molecular weight excluding hydrogens is 266 g/mol. The van der Waals surface area contributed by atoms with E-state index in [2.05, 4.69) is 37.7 Å². The average molecular weight is 293 g/mol. The summed E-state index contributed by atoms with van der Waals surface area (Å²) in [5, 5.41) is 0.812. The SMILES string of the molecule is COc1cc(C)cc(C)c1C(N)CSC1CCCCC1. The number of hydrogen-bond acceptors (Lipinski definition) is 3. The van der Waals surface area contributed by atoms with E-state index in [9.17, 15) is 0 Å². The molecule has 0 bridgehead atoms. The van der Waals surface area contributed by atoms with Crippen LogP contribution in [0, 0.1) is 13.8 Å². The van der Waals surface area contributed by atoms with E-state index in [1.807, 2.05) is 0 Å². The zero-order valence-corrected chi connectivity index (χ0v) is 13.8. The summed E-state index contributed by atoms with van der Waals surface area (Å²) in [5.74, 6) is 1.93. The van der Waals surface area contributed by atoms with E-state index in [1.54, 1.807) is 7.11 Å². The van der Waals surface area contributed by atoms with Crippen LogP contribution in [0.4, 0.5) is 0 Å². The van der Waals surface area contributed by atoms with Crippen molar-refractivity contribution in [1.82, 2.24) is 0 Å². The Labute approximate surface area is 127 Å². The lowest BCUT2D eigenvalue weighted by Gasteiger charge is -2.24. The molecule has 1 aliphatic rings. The van der Waals surface area contributed by atoms with Gasteiger partial charge in [-0.05, 0) is 43.9 Å². The largest absolute Gasteiger partial charge is 0.496 e. The van der Waals surface area contributed by atoms with Crippen molar-refractivity contribution in [2.45, 2.75) is 57.2 Å². The van der Waals surface area contributed by atoms with Gasteiger partial charge < -0.3 is 10.5 Å². The Morgan fingerprint density at radius 3 is 2.60 bits per heavy atom. The number of aryl methyl sites for hydroxylation is 2. The van der Waals surface area contributed by atoms with Gasteiger partial charge in [0.15, 0.2) is 0 Å². The van der Waals surface area contributed by atoms with Crippen molar-refractivity contribution < 1.29 is 4.74 Å². The number of methoxy groups -OCH3 is 1. The highest BCUT2D eigenvalue weighted by atomic mass is 32.2. The second kappa shape index (κ2) is 7.37. The highest BCUT2D eigenvalue weighted by Gasteiger charge is 2.19. The van der Waals surface area contributed by atoms with Gasteiger partial charge in [-0.25, -0.2) is 0 Å². The Bertz CT molecular complexity index is 441. The monoisotopic (exact) mass is 293 g/mol. The Kier molecular flexibility index (Phi) is 5.79. The molecule has 0 aromatic heterocycles. The molecule has 2 N–H and O–H groups in total. The molecule has 0 saturated heterocycles. The fourth-order valence-corrected chi connectivity index (χ4v) is 4.45. The van der Waals surface area contributed by atoms with Crippen LogP contribution in [0.25, 0.3) is 0 Å². The van der Waals surface area contributed by atoms with E-state index >= 15 is 0 Å². The van der Waals surface area contributed by atoms with E-state index in [0.29, 0.717) is 0 Å². The van der Waals surface area contributed by atoms with Gasteiger partial charge in [-0.2, -0.15) is 11.8 Å². The standard InChI is InChI=1S/C17H27NOS/c1-12-9-13(2)17(16(10-12)19-3)15(18)11-20-14-7-5-4-6-8-14/h9-10,14-15H,4-8,11,18H2,1-3H3. The first-order valence-electron chi connectivity index (χ1n) is 7.64. The molecule has 3 heteroatoms. The third kappa shape index (κ3) is 3.92. The van der Waals surface area contributed by atoms with Crippen molar-refractivity contribution in [2.75, 3.05) is 12.9 Å². The highest BCUT2D eigenvalue weighted by molar-refractivity contribution is 7.99. The number of rotatable bonds is 5. The molecule has 0 radical (unpaired) electrons. The molecule has 1 aliphatic carbocycles. The molecule has 1 aromatic rings. The number of benzene rings is 1. The first-order valence-corrected chi connectivity index (χ1v) is 8.69. The van der Waals surface area contributed by atoms with Gasteiger partial charge >= 0.3 is 0 Å². The molecule has 0 spiro atoms. The van der Waals surface area contributed by atoms with E-state index < -0.39 is 0 Å². The third-order valence-electron chi connectivity index (χ3n) is 4.15. The molecule has 1 unspecified atom stereocenters. The second-order valence-electron chi connectivity index (χ2n) is 5.90. The van der Waals surface area contributed by atoms with E-state index in [0.717, 1.165) is 16.8 Å². The fourth-order valence-electron chi connectivity index (χ4n) is 3.14. The molecule has 0 amide bonds. The zero-order chi connectivity index (χ0) is 14.5. The minimum atomic E-state index is 0.0671. The smallest absolute Gasteiger partial charge is 0.124 e. The Morgan fingerprint density at radius 2 is 1.95 bits per heavy atom. The minimum Gasteiger partial charge on any atom is -0.496 e.